The highest BCUT2D eigenvalue weighted by molar-refractivity contribution is 7.17. The van der Waals surface area contributed by atoms with E-state index in [0.717, 1.165) is 22.3 Å². The summed E-state index contributed by atoms with van der Waals surface area (Å²) in [6, 6.07) is 10.4. The quantitative estimate of drug-likeness (QED) is 0.754. The smallest absolute Gasteiger partial charge is 0.267 e. The number of halogens is 1. The van der Waals surface area contributed by atoms with Gasteiger partial charge in [0.2, 0.25) is 0 Å². The number of hydrogen-bond donors (Lipinski definition) is 1. The van der Waals surface area contributed by atoms with Gasteiger partial charge in [-0.2, -0.15) is 0 Å². The first-order valence-electron chi connectivity index (χ1n) is 7.80. The lowest BCUT2D eigenvalue weighted by Gasteiger charge is -2.11. The molecule has 3 aromatic rings. The van der Waals surface area contributed by atoms with E-state index in [0.29, 0.717) is 18.2 Å². The summed E-state index contributed by atoms with van der Waals surface area (Å²) in [5.74, 6) is 0.382. The van der Waals surface area contributed by atoms with Gasteiger partial charge in [-0.1, -0.05) is 12.1 Å². The molecule has 1 aromatic carbocycles. The van der Waals surface area contributed by atoms with Crippen LogP contribution >= 0.6 is 11.3 Å². The van der Waals surface area contributed by atoms with Gasteiger partial charge in [-0.15, -0.1) is 11.3 Å². The Morgan fingerprint density at radius 1 is 1.26 bits per heavy atom. The second-order valence-corrected chi connectivity index (χ2v) is 7.01. The minimum Gasteiger partial charge on any atom is -0.350 e. The molecule has 118 valence electrons. The van der Waals surface area contributed by atoms with Crippen LogP contribution < -0.4 is 5.32 Å². The van der Waals surface area contributed by atoms with Gasteiger partial charge in [-0.25, -0.2) is 4.39 Å². The molecule has 2 aromatic heterocycles. The van der Waals surface area contributed by atoms with Gasteiger partial charge in [0.1, 0.15) is 11.5 Å². The number of hydrogen-bond acceptors (Lipinski definition) is 2. The molecule has 0 unspecified atom stereocenters. The third-order valence-corrected chi connectivity index (χ3v) is 5.11. The molecule has 1 aliphatic rings. The van der Waals surface area contributed by atoms with Crippen LogP contribution in [0.25, 0.3) is 10.2 Å². The molecule has 1 saturated carbocycles. The number of amides is 1. The van der Waals surface area contributed by atoms with E-state index in [-0.39, 0.29) is 11.7 Å². The number of thiophene rings is 1. The van der Waals surface area contributed by atoms with Gasteiger partial charge < -0.3 is 9.88 Å². The molecule has 1 amide bonds. The van der Waals surface area contributed by atoms with Crippen molar-refractivity contribution in [3.05, 3.63) is 58.9 Å². The van der Waals surface area contributed by atoms with Crippen LogP contribution in [0, 0.1) is 11.7 Å². The first kappa shape index (κ1) is 14.5. The summed E-state index contributed by atoms with van der Waals surface area (Å²) < 4.78 is 16.2. The first-order valence-corrected chi connectivity index (χ1v) is 8.68. The van der Waals surface area contributed by atoms with Crippen molar-refractivity contribution >= 4 is 27.5 Å². The third-order valence-electron chi connectivity index (χ3n) is 4.26. The van der Waals surface area contributed by atoms with Gasteiger partial charge in [-0.3, -0.25) is 4.79 Å². The average Bonchev–Trinajstić information content (AvgIpc) is 3.16. The van der Waals surface area contributed by atoms with E-state index in [4.69, 9.17) is 0 Å². The summed E-state index contributed by atoms with van der Waals surface area (Å²) >= 11 is 1.63. The van der Waals surface area contributed by atoms with E-state index in [1.165, 1.54) is 25.0 Å². The molecule has 1 N–H and O–H groups in total. The SMILES string of the molecule is O=C(NCC1CC1)c1cc2sccc2n1Cc1ccc(F)cc1. The largest absolute Gasteiger partial charge is 0.350 e. The standard InChI is InChI=1S/C18H17FN2OS/c19-14-5-3-13(4-6-14)11-21-15-7-8-23-17(15)9-16(21)18(22)20-10-12-1-2-12/h3-9,12H,1-2,10-11H2,(H,20,22). The van der Waals surface area contributed by atoms with Crippen LogP contribution in [0.15, 0.2) is 41.8 Å². The fourth-order valence-electron chi connectivity index (χ4n) is 2.76. The third kappa shape index (κ3) is 3.01. The Morgan fingerprint density at radius 3 is 2.78 bits per heavy atom. The molecule has 0 radical (unpaired) electrons. The Hall–Kier alpha value is -2.14. The minimum atomic E-state index is -0.246. The topological polar surface area (TPSA) is 34.0 Å². The van der Waals surface area contributed by atoms with Gasteiger partial charge in [0, 0.05) is 13.1 Å². The second-order valence-electron chi connectivity index (χ2n) is 6.07. The van der Waals surface area contributed by atoms with Crippen LogP contribution in [0.3, 0.4) is 0 Å². The molecule has 1 aliphatic carbocycles. The van der Waals surface area contributed by atoms with Crippen LogP contribution in [-0.2, 0) is 6.54 Å². The molecule has 5 heteroatoms. The maximum Gasteiger partial charge on any atom is 0.267 e. The first-order chi connectivity index (χ1) is 11.2. The van der Waals surface area contributed by atoms with E-state index < -0.39 is 0 Å². The molecule has 0 bridgehead atoms. The number of carbonyl (C=O) groups excluding carboxylic acids is 1. The summed E-state index contributed by atoms with van der Waals surface area (Å²) in [6.07, 6.45) is 2.43. The summed E-state index contributed by atoms with van der Waals surface area (Å²) in [4.78, 5) is 12.5. The van der Waals surface area contributed by atoms with Crippen molar-refractivity contribution in [3.8, 4) is 0 Å². The Bertz CT molecular complexity index is 846. The van der Waals surface area contributed by atoms with Crippen LogP contribution in [0.5, 0.6) is 0 Å². The van der Waals surface area contributed by atoms with Crippen molar-refractivity contribution in [1.82, 2.24) is 9.88 Å². The summed E-state index contributed by atoms with van der Waals surface area (Å²) in [6.45, 7) is 1.32. The highest BCUT2D eigenvalue weighted by Crippen LogP contribution is 2.29. The molecule has 23 heavy (non-hydrogen) atoms. The van der Waals surface area contributed by atoms with E-state index in [1.807, 2.05) is 22.1 Å². The maximum atomic E-state index is 13.1. The van der Waals surface area contributed by atoms with Crippen LogP contribution in [0.1, 0.15) is 28.9 Å². The Morgan fingerprint density at radius 2 is 2.04 bits per heavy atom. The molecule has 1 fully saturated rings. The molecule has 0 saturated heterocycles. The van der Waals surface area contributed by atoms with E-state index >= 15 is 0 Å². The Labute approximate surface area is 137 Å². The second kappa shape index (κ2) is 5.81. The number of rotatable bonds is 5. The van der Waals surface area contributed by atoms with E-state index in [9.17, 15) is 9.18 Å². The molecule has 0 aliphatic heterocycles. The number of aromatic nitrogens is 1. The lowest BCUT2D eigenvalue weighted by atomic mass is 10.2. The van der Waals surface area contributed by atoms with Gasteiger partial charge in [0.25, 0.3) is 5.91 Å². The highest BCUT2D eigenvalue weighted by Gasteiger charge is 2.23. The zero-order chi connectivity index (χ0) is 15.8. The molecular formula is C18H17FN2OS. The Balaban J connectivity index is 1.64. The lowest BCUT2D eigenvalue weighted by Crippen LogP contribution is -2.27. The zero-order valence-corrected chi connectivity index (χ0v) is 13.4. The molecule has 0 spiro atoms. The van der Waals surface area contributed by atoms with Crippen LogP contribution in [-0.4, -0.2) is 17.0 Å². The van der Waals surface area contributed by atoms with Crippen molar-refractivity contribution in [2.75, 3.05) is 6.54 Å². The maximum absolute atomic E-state index is 13.1. The molecule has 4 rings (SSSR count). The van der Waals surface area contributed by atoms with Crippen LogP contribution in [0.4, 0.5) is 4.39 Å². The monoisotopic (exact) mass is 328 g/mol. The number of carbonyl (C=O) groups is 1. The summed E-state index contributed by atoms with van der Waals surface area (Å²) in [7, 11) is 0. The summed E-state index contributed by atoms with van der Waals surface area (Å²) in [5.41, 5.74) is 2.71. The zero-order valence-electron chi connectivity index (χ0n) is 12.6. The number of benzene rings is 1. The van der Waals surface area contributed by atoms with Crippen molar-refractivity contribution in [2.45, 2.75) is 19.4 Å². The fraction of sp³-hybridized carbons (Fsp3) is 0.278. The van der Waals surface area contributed by atoms with Crippen molar-refractivity contribution in [1.29, 1.82) is 0 Å². The molecule has 0 atom stereocenters. The predicted molar refractivity (Wildman–Crippen MR) is 90.4 cm³/mol. The van der Waals surface area contributed by atoms with Crippen molar-refractivity contribution < 1.29 is 9.18 Å². The van der Waals surface area contributed by atoms with Gasteiger partial charge in [0.15, 0.2) is 0 Å². The number of nitrogens with zero attached hydrogens (tertiary/aromatic N) is 1. The van der Waals surface area contributed by atoms with Crippen molar-refractivity contribution in [2.24, 2.45) is 5.92 Å². The lowest BCUT2D eigenvalue weighted by molar-refractivity contribution is 0.0943. The molecule has 3 nitrogen and oxygen atoms in total. The van der Waals surface area contributed by atoms with E-state index in [1.54, 1.807) is 23.5 Å². The van der Waals surface area contributed by atoms with Gasteiger partial charge in [-0.05, 0) is 54.0 Å². The number of nitrogens with one attached hydrogen (secondary N) is 1. The number of fused-ring (bicyclic) bond motifs is 1. The fourth-order valence-corrected chi connectivity index (χ4v) is 3.58. The minimum absolute atomic E-state index is 0.0255. The van der Waals surface area contributed by atoms with Gasteiger partial charge >= 0.3 is 0 Å². The molecule has 2 heterocycles. The highest BCUT2D eigenvalue weighted by atomic mass is 32.1. The van der Waals surface area contributed by atoms with Crippen LogP contribution in [0.2, 0.25) is 0 Å². The molecular weight excluding hydrogens is 311 g/mol. The summed E-state index contributed by atoms with van der Waals surface area (Å²) in [5, 5.41) is 5.06. The predicted octanol–water partition coefficient (Wildman–Crippen LogP) is 4.03. The average molecular weight is 328 g/mol. The van der Waals surface area contributed by atoms with Crippen molar-refractivity contribution in [3.63, 3.8) is 0 Å². The van der Waals surface area contributed by atoms with Gasteiger partial charge in [0.05, 0.1) is 10.2 Å². The Kier molecular flexibility index (Phi) is 3.65. The van der Waals surface area contributed by atoms with E-state index in [2.05, 4.69) is 5.32 Å². The normalized spacial score (nSPS) is 14.3.